The van der Waals surface area contributed by atoms with Crippen molar-refractivity contribution in [3.63, 3.8) is 0 Å². The Hall–Kier alpha value is 0.210. The van der Waals surface area contributed by atoms with Crippen LogP contribution in [0.4, 0.5) is 0 Å². The van der Waals surface area contributed by atoms with Crippen LogP contribution in [0.5, 0.6) is 0 Å². The molecule has 0 spiro atoms. The second-order valence-corrected chi connectivity index (χ2v) is 3.32. The predicted molar refractivity (Wildman–Crippen MR) is 51.8 cm³/mol. The third kappa shape index (κ3) is 8.31. The van der Waals surface area contributed by atoms with E-state index in [0.717, 1.165) is 25.3 Å². The van der Waals surface area contributed by atoms with Gasteiger partial charge in [0.15, 0.2) is 0 Å². The summed E-state index contributed by atoms with van der Waals surface area (Å²) in [5.41, 5.74) is 0. The van der Waals surface area contributed by atoms with Crippen LogP contribution >= 0.6 is 11.6 Å². The van der Waals surface area contributed by atoms with E-state index in [-0.39, 0.29) is 0 Å². The summed E-state index contributed by atoms with van der Waals surface area (Å²) >= 11 is 5.65. The molecule has 0 aromatic carbocycles. The monoisotopic (exact) mass is 194 g/mol. The summed E-state index contributed by atoms with van der Waals surface area (Å²) in [6.07, 6.45) is 2.24. The highest BCUT2D eigenvalue weighted by atomic mass is 35.5. The zero-order valence-electron chi connectivity index (χ0n) is 8.01. The zero-order valence-corrected chi connectivity index (χ0v) is 8.77. The first-order valence-electron chi connectivity index (χ1n) is 4.44. The lowest BCUT2D eigenvalue weighted by Crippen LogP contribution is -2.04. The third-order valence-corrected chi connectivity index (χ3v) is 2.21. The SMILES string of the molecule is COCCOCCCC(C)CCl. The fourth-order valence-corrected chi connectivity index (χ4v) is 1.01. The molecule has 0 aliphatic heterocycles. The molecule has 74 valence electrons. The zero-order chi connectivity index (χ0) is 9.23. The largest absolute Gasteiger partial charge is 0.382 e. The quantitative estimate of drug-likeness (QED) is 0.436. The first kappa shape index (κ1) is 12.2. The van der Waals surface area contributed by atoms with Crippen molar-refractivity contribution in [1.29, 1.82) is 0 Å². The molecule has 0 amide bonds. The number of hydrogen-bond donors (Lipinski definition) is 0. The van der Waals surface area contributed by atoms with Crippen molar-refractivity contribution in [2.75, 3.05) is 32.8 Å². The van der Waals surface area contributed by atoms with Crippen LogP contribution in [0, 0.1) is 5.92 Å². The number of methoxy groups -OCH3 is 1. The maximum Gasteiger partial charge on any atom is 0.0700 e. The highest BCUT2D eigenvalue weighted by Gasteiger charge is 1.98. The van der Waals surface area contributed by atoms with E-state index >= 15 is 0 Å². The lowest BCUT2D eigenvalue weighted by Gasteiger charge is -2.06. The van der Waals surface area contributed by atoms with E-state index in [1.54, 1.807) is 7.11 Å². The lowest BCUT2D eigenvalue weighted by molar-refractivity contribution is 0.0677. The van der Waals surface area contributed by atoms with Gasteiger partial charge >= 0.3 is 0 Å². The van der Waals surface area contributed by atoms with E-state index in [1.165, 1.54) is 0 Å². The van der Waals surface area contributed by atoms with Gasteiger partial charge in [-0.15, -0.1) is 11.6 Å². The number of ether oxygens (including phenoxy) is 2. The topological polar surface area (TPSA) is 18.5 Å². The van der Waals surface area contributed by atoms with Gasteiger partial charge in [-0.25, -0.2) is 0 Å². The molecule has 0 aromatic rings. The summed E-state index contributed by atoms with van der Waals surface area (Å²) in [5, 5.41) is 0. The van der Waals surface area contributed by atoms with Crippen molar-refractivity contribution >= 4 is 11.6 Å². The van der Waals surface area contributed by atoms with Gasteiger partial charge in [-0.2, -0.15) is 0 Å². The van der Waals surface area contributed by atoms with Gasteiger partial charge in [0.1, 0.15) is 0 Å². The number of halogens is 1. The standard InChI is InChI=1S/C9H19ClO2/c1-9(8-10)4-3-5-12-7-6-11-2/h9H,3-8H2,1-2H3. The average molecular weight is 195 g/mol. The first-order valence-corrected chi connectivity index (χ1v) is 4.97. The van der Waals surface area contributed by atoms with Gasteiger partial charge < -0.3 is 9.47 Å². The summed E-state index contributed by atoms with van der Waals surface area (Å²) < 4.78 is 10.1. The van der Waals surface area contributed by atoms with Gasteiger partial charge in [0.05, 0.1) is 13.2 Å². The van der Waals surface area contributed by atoms with Crippen LogP contribution in [0.2, 0.25) is 0 Å². The molecule has 0 radical (unpaired) electrons. The average Bonchev–Trinajstić information content (AvgIpc) is 2.10. The van der Waals surface area contributed by atoms with E-state index in [4.69, 9.17) is 21.1 Å². The van der Waals surface area contributed by atoms with Crippen molar-refractivity contribution < 1.29 is 9.47 Å². The predicted octanol–water partition coefficient (Wildman–Crippen LogP) is 2.30. The Morgan fingerprint density at radius 3 is 2.58 bits per heavy atom. The van der Waals surface area contributed by atoms with E-state index in [9.17, 15) is 0 Å². The van der Waals surface area contributed by atoms with Crippen LogP contribution < -0.4 is 0 Å². The molecule has 0 aliphatic carbocycles. The molecule has 2 nitrogen and oxygen atoms in total. The fraction of sp³-hybridized carbons (Fsp3) is 1.00. The van der Waals surface area contributed by atoms with Gasteiger partial charge in [0.25, 0.3) is 0 Å². The molecule has 0 fully saturated rings. The van der Waals surface area contributed by atoms with Crippen molar-refractivity contribution in [3.05, 3.63) is 0 Å². The number of rotatable bonds is 8. The second-order valence-electron chi connectivity index (χ2n) is 3.01. The normalized spacial score (nSPS) is 13.2. The second kappa shape index (κ2) is 9.30. The van der Waals surface area contributed by atoms with Crippen molar-refractivity contribution in [2.45, 2.75) is 19.8 Å². The van der Waals surface area contributed by atoms with E-state index in [1.807, 2.05) is 0 Å². The van der Waals surface area contributed by atoms with Crippen molar-refractivity contribution in [3.8, 4) is 0 Å². The Bertz CT molecular complexity index is 88.6. The molecule has 3 heteroatoms. The molecule has 0 rings (SSSR count). The van der Waals surface area contributed by atoms with Crippen LogP contribution in [0.1, 0.15) is 19.8 Å². The summed E-state index contributed by atoms with van der Waals surface area (Å²) in [5.74, 6) is 1.36. The van der Waals surface area contributed by atoms with E-state index in [0.29, 0.717) is 19.1 Å². The Kier molecular flexibility index (Phi) is 9.46. The van der Waals surface area contributed by atoms with Crippen LogP contribution in [0.3, 0.4) is 0 Å². The smallest absolute Gasteiger partial charge is 0.0700 e. The molecule has 0 saturated heterocycles. The Morgan fingerprint density at radius 2 is 2.00 bits per heavy atom. The van der Waals surface area contributed by atoms with Gasteiger partial charge in [-0.1, -0.05) is 6.92 Å². The summed E-state index contributed by atoms with van der Waals surface area (Å²) in [4.78, 5) is 0. The molecular formula is C9H19ClO2. The molecule has 0 aliphatic rings. The molecule has 0 aromatic heterocycles. The Labute approximate surface area is 80.2 Å². The van der Waals surface area contributed by atoms with Crippen LogP contribution in [0.25, 0.3) is 0 Å². The van der Waals surface area contributed by atoms with E-state index in [2.05, 4.69) is 6.92 Å². The molecule has 0 N–H and O–H groups in total. The maximum absolute atomic E-state index is 5.65. The van der Waals surface area contributed by atoms with Crippen molar-refractivity contribution in [2.24, 2.45) is 5.92 Å². The number of hydrogen-bond acceptors (Lipinski definition) is 2. The maximum atomic E-state index is 5.65. The molecule has 1 unspecified atom stereocenters. The lowest BCUT2D eigenvalue weighted by atomic mass is 10.1. The molecular weight excluding hydrogens is 176 g/mol. The molecule has 0 saturated carbocycles. The Balaban J connectivity index is 2.90. The first-order chi connectivity index (χ1) is 5.81. The van der Waals surface area contributed by atoms with E-state index < -0.39 is 0 Å². The molecule has 0 heterocycles. The highest BCUT2D eigenvalue weighted by Crippen LogP contribution is 2.06. The minimum Gasteiger partial charge on any atom is -0.382 e. The fourth-order valence-electron chi connectivity index (χ4n) is 0.855. The van der Waals surface area contributed by atoms with Crippen LogP contribution in [-0.4, -0.2) is 32.8 Å². The highest BCUT2D eigenvalue weighted by molar-refractivity contribution is 6.18. The summed E-state index contributed by atoms with van der Waals surface area (Å²) in [6, 6.07) is 0. The summed E-state index contributed by atoms with van der Waals surface area (Å²) in [7, 11) is 1.68. The van der Waals surface area contributed by atoms with Gasteiger partial charge in [0.2, 0.25) is 0 Å². The van der Waals surface area contributed by atoms with Gasteiger partial charge in [0, 0.05) is 19.6 Å². The Morgan fingerprint density at radius 1 is 1.25 bits per heavy atom. The van der Waals surface area contributed by atoms with Gasteiger partial charge in [-0.3, -0.25) is 0 Å². The minimum absolute atomic E-state index is 0.609. The van der Waals surface area contributed by atoms with Crippen LogP contribution in [0.15, 0.2) is 0 Å². The summed E-state index contributed by atoms with van der Waals surface area (Å²) in [6.45, 7) is 4.36. The third-order valence-electron chi connectivity index (χ3n) is 1.68. The molecule has 1 atom stereocenters. The van der Waals surface area contributed by atoms with Gasteiger partial charge in [-0.05, 0) is 18.8 Å². The number of alkyl halides is 1. The van der Waals surface area contributed by atoms with Crippen molar-refractivity contribution in [1.82, 2.24) is 0 Å². The minimum atomic E-state index is 0.609. The van der Waals surface area contributed by atoms with Crippen LogP contribution in [-0.2, 0) is 9.47 Å². The molecule has 12 heavy (non-hydrogen) atoms. The molecule has 0 bridgehead atoms.